The zero-order valence-electron chi connectivity index (χ0n) is 9.32. The maximum absolute atomic E-state index is 12.0. The molecule has 0 radical (unpaired) electrons. The average molecular weight is 235 g/mol. The molecule has 0 unspecified atom stereocenters. The normalized spacial score (nSPS) is 18.6. The van der Waals surface area contributed by atoms with Gasteiger partial charge in [-0.15, -0.1) is 0 Å². The van der Waals surface area contributed by atoms with E-state index >= 15 is 0 Å². The molecule has 1 heterocycles. The molecule has 1 fully saturated rings. The van der Waals surface area contributed by atoms with E-state index in [4.69, 9.17) is 0 Å². The summed E-state index contributed by atoms with van der Waals surface area (Å²) in [6, 6.07) is 0. The minimum atomic E-state index is -3.52. The fourth-order valence-corrected chi connectivity index (χ4v) is 3.03. The summed E-state index contributed by atoms with van der Waals surface area (Å²) in [6.07, 6.45) is 0.869. The van der Waals surface area contributed by atoms with E-state index in [0.717, 1.165) is 6.42 Å². The lowest BCUT2D eigenvalue weighted by molar-refractivity contribution is -0.124. The van der Waals surface area contributed by atoms with Crippen LogP contribution in [-0.2, 0) is 19.6 Å². The van der Waals surface area contributed by atoms with Crippen molar-refractivity contribution in [2.45, 2.75) is 25.0 Å². The largest absolute Gasteiger partial charge is 0.377 e. The highest BCUT2D eigenvalue weighted by atomic mass is 32.2. The second kappa shape index (κ2) is 4.19. The van der Waals surface area contributed by atoms with E-state index in [9.17, 15) is 13.2 Å². The summed E-state index contributed by atoms with van der Waals surface area (Å²) in [6.45, 7) is 3.74. The van der Waals surface area contributed by atoms with Gasteiger partial charge >= 0.3 is 0 Å². The van der Waals surface area contributed by atoms with Gasteiger partial charge in [0.2, 0.25) is 10.0 Å². The number of nitrogens with zero attached hydrogens (tertiary/aromatic N) is 1. The Hall–Kier alpha value is -0.460. The molecule has 0 aromatic carbocycles. The van der Waals surface area contributed by atoms with E-state index in [0.29, 0.717) is 13.1 Å². The number of ether oxygens (including phenoxy) is 1. The molecule has 0 spiro atoms. The first-order chi connectivity index (χ1) is 6.84. The van der Waals surface area contributed by atoms with Gasteiger partial charge in [0.1, 0.15) is 11.4 Å². The zero-order chi connectivity index (χ0) is 11.7. The van der Waals surface area contributed by atoms with Gasteiger partial charge in [0.25, 0.3) is 0 Å². The highest BCUT2D eigenvalue weighted by Gasteiger charge is 2.46. The first kappa shape index (κ1) is 12.6. The third-order valence-electron chi connectivity index (χ3n) is 2.75. The molecule has 1 aliphatic heterocycles. The highest BCUT2D eigenvalue weighted by molar-refractivity contribution is 7.91. The Labute approximate surface area is 90.4 Å². The third-order valence-corrected chi connectivity index (χ3v) is 5.31. The molecule has 6 heteroatoms. The van der Waals surface area contributed by atoms with Gasteiger partial charge in [0, 0.05) is 20.2 Å². The Balaban J connectivity index is 2.88. The molecule has 5 nitrogen and oxygen atoms in total. The number of hydrogen-bond acceptors (Lipinski definition) is 4. The van der Waals surface area contributed by atoms with Gasteiger partial charge in [-0.1, -0.05) is 0 Å². The summed E-state index contributed by atoms with van der Waals surface area (Å²) in [5, 5.41) is 0. The summed E-state index contributed by atoms with van der Waals surface area (Å²) in [4.78, 5) is 11.6. The van der Waals surface area contributed by atoms with E-state index in [1.807, 2.05) is 0 Å². The molecule has 0 aromatic heterocycles. The van der Waals surface area contributed by atoms with Crippen molar-refractivity contribution in [3.05, 3.63) is 0 Å². The quantitative estimate of drug-likeness (QED) is 0.673. The van der Waals surface area contributed by atoms with Crippen LogP contribution in [0.3, 0.4) is 0 Å². The number of Topliss-reactive ketones (excluding diaryl/α,β-unsaturated/α-hetero) is 1. The fraction of sp³-hybridized carbons (Fsp3) is 0.889. The smallest absolute Gasteiger partial charge is 0.226 e. The van der Waals surface area contributed by atoms with Crippen LogP contribution < -0.4 is 0 Å². The van der Waals surface area contributed by atoms with Crippen molar-refractivity contribution in [1.82, 2.24) is 4.31 Å². The Morgan fingerprint density at radius 3 is 2.27 bits per heavy atom. The van der Waals surface area contributed by atoms with Crippen molar-refractivity contribution in [2.75, 3.05) is 26.8 Å². The lowest BCUT2D eigenvalue weighted by atomic mass is 10.1. The van der Waals surface area contributed by atoms with Gasteiger partial charge in [-0.05, 0) is 20.3 Å². The summed E-state index contributed by atoms with van der Waals surface area (Å²) >= 11 is 0. The van der Waals surface area contributed by atoms with Gasteiger partial charge in [-0.3, -0.25) is 4.79 Å². The predicted molar refractivity (Wildman–Crippen MR) is 56.1 cm³/mol. The molecule has 0 saturated carbocycles. The van der Waals surface area contributed by atoms with Crippen molar-refractivity contribution in [3.8, 4) is 0 Å². The summed E-state index contributed by atoms with van der Waals surface area (Å²) in [5.74, 6) is -0.406. The maximum atomic E-state index is 12.0. The molecule has 1 aliphatic rings. The number of rotatable bonds is 5. The van der Waals surface area contributed by atoms with Gasteiger partial charge in [-0.2, -0.15) is 0 Å². The summed E-state index contributed by atoms with van der Waals surface area (Å²) in [5.41, 5.74) is 0. The van der Waals surface area contributed by atoms with Crippen molar-refractivity contribution < 1.29 is 17.9 Å². The van der Waals surface area contributed by atoms with Crippen LogP contribution in [0.2, 0.25) is 0 Å². The Kier molecular flexibility index (Phi) is 3.52. The van der Waals surface area contributed by atoms with Gasteiger partial charge < -0.3 is 4.74 Å². The molecule has 0 atom stereocenters. The van der Waals surface area contributed by atoms with Crippen LogP contribution in [0.25, 0.3) is 0 Å². The van der Waals surface area contributed by atoms with Crippen LogP contribution >= 0.6 is 0 Å². The molecule has 88 valence electrons. The second-order valence-corrected chi connectivity index (χ2v) is 6.61. The topological polar surface area (TPSA) is 63.7 Å². The highest BCUT2D eigenvalue weighted by Crippen LogP contribution is 2.26. The van der Waals surface area contributed by atoms with E-state index in [1.165, 1.54) is 25.3 Å². The minimum absolute atomic E-state index is 0.167. The molecule has 15 heavy (non-hydrogen) atoms. The SMILES string of the molecule is COCC(=O)C(C)(C)S(=O)(=O)N1CCC1. The fourth-order valence-electron chi connectivity index (χ4n) is 1.30. The Morgan fingerprint density at radius 1 is 1.40 bits per heavy atom. The second-order valence-electron chi connectivity index (χ2n) is 4.12. The summed E-state index contributed by atoms with van der Waals surface area (Å²) in [7, 11) is -2.14. The molecule has 1 rings (SSSR count). The lowest BCUT2D eigenvalue weighted by Crippen LogP contribution is -2.54. The number of methoxy groups -OCH3 is 1. The van der Waals surface area contributed by atoms with Crippen LogP contribution in [0.15, 0.2) is 0 Å². The number of hydrogen-bond donors (Lipinski definition) is 0. The van der Waals surface area contributed by atoms with Crippen LogP contribution in [-0.4, -0.2) is 50.1 Å². The minimum Gasteiger partial charge on any atom is -0.377 e. The van der Waals surface area contributed by atoms with Crippen LogP contribution in [0.1, 0.15) is 20.3 Å². The molecule has 0 aliphatic carbocycles. The summed E-state index contributed by atoms with van der Waals surface area (Å²) < 4.78 is 28.6. The predicted octanol–water partition coefficient (Wildman–Crippen LogP) is 0.0160. The van der Waals surface area contributed by atoms with E-state index in [-0.39, 0.29) is 6.61 Å². The zero-order valence-corrected chi connectivity index (χ0v) is 10.1. The van der Waals surface area contributed by atoms with E-state index in [1.54, 1.807) is 0 Å². The van der Waals surface area contributed by atoms with Crippen molar-refractivity contribution in [1.29, 1.82) is 0 Å². The van der Waals surface area contributed by atoms with Crippen molar-refractivity contribution in [3.63, 3.8) is 0 Å². The molecule has 0 aromatic rings. The standard InChI is InChI=1S/C9H17NO4S/c1-9(2,8(11)7-14-3)15(12,13)10-5-4-6-10/h4-7H2,1-3H3. The molecule has 1 saturated heterocycles. The van der Waals surface area contributed by atoms with Crippen LogP contribution in [0.4, 0.5) is 0 Å². The van der Waals surface area contributed by atoms with E-state index < -0.39 is 20.6 Å². The number of ketones is 1. The maximum Gasteiger partial charge on any atom is 0.226 e. The molecular formula is C9H17NO4S. The number of sulfonamides is 1. The molecule has 0 amide bonds. The lowest BCUT2D eigenvalue weighted by Gasteiger charge is -2.36. The molecule has 0 N–H and O–H groups in total. The van der Waals surface area contributed by atoms with Crippen molar-refractivity contribution >= 4 is 15.8 Å². The van der Waals surface area contributed by atoms with Crippen molar-refractivity contribution in [2.24, 2.45) is 0 Å². The molecular weight excluding hydrogens is 218 g/mol. The third kappa shape index (κ3) is 2.07. The van der Waals surface area contributed by atoms with Gasteiger partial charge in [0.15, 0.2) is 5.78 Å². The van der Waals surface area contributed by atoms with Crippen LogP contribution in [0.5, 0.6) is 0 Å². The van der Waals surface area contributed by atoms with Gasteiger partial charge in [-0.25, -0.2) is 12.7 Å². The molecule has 0 bridgehead atoms. The van der Waals surface area contributed by atoms with E-state index in [2.05, 4.69) is 4.74 Å². The van der Waals surface area contributed by atoms with Crippen LogP contribution in [0, 0.1) is 0 Å². The number of carbonyl (C=O) groups excluding carboxylic acids is 1. The Morgan fingerprint density at radius 2 is 1.93 bits per heavy atom. The number of carbonyl (C=O) groups is 1. The first-order valence-corrected chi connectivity index (χ1v) is 6.30. The monoisotopic (exact) mass is 235 g/mol. The Bertz CT molecular complexity index is 343. The first-order valence-electron chi connectivity index (χ1n) is 4.86. The average Bonchev–Trinajstić information content (AvgIpc) is 1.99. The van der Waals surface area contributed by atoms with Gasteiger partial charge in [0.05, 0.1) is 0 Å².